The first-order valence-corrected chi connectivity index (χ1v) is 3.00. The molecule has 0 saturated carbocycles. The maximum Gasteiger partial charge on any atom is 0.0997 e. The lowest BCUT2D eigenvalue weighted by Crippen LogP contribution is -1.77. The van der Waals surface area contributed by atoms with Crippen molar-refractivity contribution in [2.24, 2.45) is 0 Å². The molecule has 0 saturated heterocycles. The molecule has 1 nitrogen and oxygen atoms in total. The van der Waals surface area contributed by atoms with E-state index in [1.165, 1.54) is 0 Å². The van der Waals surface area contributed by atoms with E-state index in [1.54, 1.807) is 12.1 Å². The topological polar surface area (TPSA) is 23.8 Å². The van der Waals surface area contributed by atoms with Gasteiger partial charge in [-0.3, -0.25) is 0 Å². The fourth-order valence-corrected chi connectivity index (χ4v) is 0.777. The molecule has 1 aromatic rings. The Hall–Kier alpha value is -1.55. The molecule has 0 amide bonds. The molecule has 0 radical (unpaired) electrons. The Morgan fingerprint density at radius 1 is 1.40 bits per heavy atom. The number of rotatable bonds is 1. The normalized spacial score (nSPS) is 8.30. The Morgan fingerprint density at radius 2 is 2.10 bits per heavy atom. The fourth-order valence-electron chi connectivity index (χ4n) is 0.777. The highest BCUT2D eigenvalue weighted by atomic mass is 14.2. The Bertz CT molecular complexity index is 281. The van der Waals surface area contributed by atoms with Crippen LogP contribution in [-0.4, -0.2) is 0 Å². The molecule has 0 heterocycles. The van der Waals surface area contributed by atoms with Gasteiger partial charge in [0, 0.05) is 0 Å². The van der Waals surface area contributed by atoms with Gasteiger partial charge in [0.05, 0.1) is 11.6 Å². The van der Waals surface area contributed by atoms with Crippen molar-refractivity contribution in [3.8, 4) is 6.07 Å². The summed E-state index contributed by atoms with van der Waals surface area (Å²) in [6, 6.07) is 9.44. The second kappa shape index (κ2) is 2.84. The minimum atomic E-state index is 0.678. The van der Waals surface area contributed by atoms with E-state index in [4.69, 9.17) is 5.26 Å². The second-order valence-electron chi connectivity index (χ2n) is 1.90. The Balaban J connectivity index is 3.24. The predicted octanol–water partition coefficient (Wildman–Crippen LogP) is 2.20. The Kier molecular flexibility index (Phi) is 1.86. The summed E-state index contributed by atoms with van der Waals surface area (Å²) >= 11 is 0. The Morgan fingerprint density at radius 3 is 2.60 bits per heavy atom. The van der Waals surface area contributed by atoms with Crippen LogP contribution in [0.25, 0.3) is 6.08 Å². The van der Waals surface area contributed by atoms with Crippen LogP contribution in [0.1, 0.15) is 11.1 Å². The zero-order chi connectivity index (χ0) is 7.40. The van der Waals surface area contributed by atoms with Crippen molar-refractivity contribution in [3.05, 3.63) is 42.0 Å². The number of hydrogen-bond acceptors (Lipinski definition) is 1. The van der Waals surface area contributed by atoms with Crippen molar-refractivity contribution in [3.63, 3.8) is 0 Å². The molecular weight excluding hydrogens is 122 g/mol. The van der Waals surface area contributed by atoms with Crippen LogP contribution in [0.5, 0.6) is 0 Å². The lowest BCUT2D eigenvalue weighted by molar-refractivity contribution is 1.47. The maximum absolute atomic E-state index is 8.55. The van der Waals surface area contributed by atoms with Crippen molar-refractivity contribution in [1.82, 2.24) is 0 Å². The van der Waals surface area contributed by atoms with Crippen molar-refractivity contribution in [2.45, 2.75) is 0 Å². The summed E-state index contributed by atoms with van der Waals surface area (Å²) in [6.07, 6.45) is 1.68. The van der Waals surface area contributed by atoms with Crippen LogP contribution in [0.4, 0.5) is 0 Å². The molecule has 0 aliphatic rings. The summed E-state index contributed by atoms with van der Waals surface area (Å²) < 4.78 is 0. The standard InChI is InChI=1S/C9H7N/c1-2-8-5-3-4-6-9(8)7-10/h2-6H,1H2. The van der Waals surface area contributed by atoms with Gasteiger partial charge in [-0.25, -0.2) is 0 Å². The predicted molar refractivity (Wildman–Crippen MR) is 41.2 cm³/mol. The van der Waals surface area contributed by atoms with Gasteiger partial charge in [0.1, 0.15) is 0 Å². The molecule has 1 aromatic carbocycles. The van der Waals surface area contributed by atoms with Crippen molar-refractivity contribution in [1.29, 1.82) is 5.26 Å². The average molecular weight is 129 g/mol. The van der Waals surface area contributed by atoms with E-state index in [0.29, 0.717) is 5.56 Å². The van der Waals surface area contributed by atoms with Crippen LogP contribution in [0, 0.1) is 11.3 Å². The number of benzene rings is 1. The molecule has 1 heteroatoms. The van der Waals surface area contributed by atoms with Crippen LogP contribution >= 0.6 is 0 Å². The summed E-state index contributed by atoms with van der Waals surface area (Å²) in [7, 11) is 0. The van der Waals surface area contributed by atoms with Crippen LogP contribution in [0.2, 0.25) is 0 Å². The van der Waals surface area contributed by atoms with Crippen LogP contribution < -0.4 is 0 Å². The molecule has 0 spiro atoms. The number of hydrogen-bond donors (Lipinski definition) is 0. The van der Waals surface area contributed by atoms with Crippen LogP contribution in [-0.2, 0) is 0 Å². The van der Waals surface area contributed by atoms with Gasteiger partial charge >= 0.3 is 0 Å². The van der Waals surface area contributed by atoms with E-state index < -0.39 is 0 Å². The first-order valence-electron chi connectivity index (χ1n) is 3.00. The van der Waals surface area contributed by atoms with Crippen LogP contribution in [0.3, 0.4) is 0 Å². The van der Waals surface area contributed by atoms with Crippen LogP contribution in [0.15, 0.2) is 30.8 Å². The lowest BCUT2D eigenvalue weighted by Gasteiger charge is -1.92. The van der Waals surface area contributed by atoms with E-state index in [9.17, 15) is 0 Å². The zero-order valence-electron chi connectivity index (χ0n) is 5.54. The molecule has 0 atom stereocenters. The third-order valence-electron chi connectivity index (χ3n) is 1.30. The first kappa shape index (κ1) is 6.57. The average Bonchev–Trinajstić information content (AvgIpc) is 2.04. The van der Waals surface area contributed by atoms with Gasteiger partial charge in [-0.1, -0.05) is 30.9 Å². The molecule has 1 rings (SSSR count). The lowest BCUT2D eigenvalue weighted by atomic mass is 10.1. The van der Waals surface area contributed by atoms with Gasteiger partial charge < -0.3 is 0 Å². The molecule has 0 aliphatic carbocycles. The van der Waals surface area contributed by atoms with E-state index in [0.717, 1.165) is 5.56 Å². The monoisotopic (exact) mass is 129 g/mol. The first-order chi connectivity index (χ1) is 4.88. The number of nitrogens with zero attached hydrogens (tertiary/aromatic N) is 1. The largest absolute Gasteiger partial charge is 0.192 e. The molecule has 0 bridgehead atoms. The SMILES string of the molecule is C=Cc1ccccc1C#N. The summed E-state index contributed by atoms with van der Waals surface area (Å²) in [6.45, 7) is 3.59. The van der Waals surface area contributed by atoms with E-state index in [2.05, 4.69) is 12.6 Å². The molecule has 0 fully saturated rings. The van der Waals surface area contributed by atoms with Gasteiger partial charge in [-0.2, -0.15) is 5.26 Å². The minimum Gasteiger partial charge on any atom is -0.192 e. The van der Waals surface area contributed by atoms with Gasteiger partial charge in [-0.05, 0) is 11.6 Å². The molecule has 0 aliphatic heterocycles. The Labute approximate surface area is 60.2 Å². The minimum absolute atomic E-state index is 0.678. The second-order valence-corrected chi connectivity index (χ2v) is 1.90. The summed E-state index contributed by atoms with van der Waals surface area (Å²) in [5.41, 5.74) is 1.57. The molecule has 0 aromatic heterocycles. The van der Waals surface area contributed by atoms with E-state index >= 15 is 0 Å². The van der Waals surface area contributed by atoms with Gasteiger partial charge in [0.15, 0.2) is 0 Å². The quantitative estimate of drug-likeness (QED) is 0.570. The van der Waals surface area contributed by atoms with Gasteiger partial charge in [0.2, 0.25) is 0 Å². The highest BCUT2D eigenvalue weighted by molar-refractivity contribution is 5.55. The third kappa shape index (κ3) is 1.06. The van der Waals surface area contributed by atoms with Crippen molar-refractivity contribution in [2.75, 3.05) is 0 Å². The number of nitriles is 1. The van der Waals surface area contributed by atoms with Gasteiger partial charge in [0.25, 0.3) is 0 Å². The third-order valence-corrected chi connectivity index (χ3v) is 1.30. The molecule has 48 valence electrons. The summed E-state index contributed by atoms with van der Waals surface area (Å²) in [5.74, 6) is 0. The van der Waals surface area contributed by atoms with E-state index in [-0.39, 0.29) is 0 Å². The summed E-state index contributed by atoms with van der Waals surface area (Å²) in [5, 5.41) is 8.55. The maximum atomic E-state index is 8.55. The fraction of sp³-hybridized carbons (Fsp3) is 0. The van der Waals surface area contributed by atoms with Crippen molar-refractivity contribution >= 4 is 6.08 Å². The van der Waals surface area contributed by atoms with Crippen molar-refractivity contribution < 1.29 is 0 Å². The highest BCUT2D eigenvalue weighted by Gasteiger charge is 1.92. The molecule has 10 heavy (non-hydrogen) atoms. The highest BCUT2D eigenvalue weighted by Crippen LogP contribution is 2.07. The zero-order valence-corrected chi connectivity index (χ0v) is 5.54. The van der Waals surface area contributed by atoms with E-state index in [1.807, 2.05) is 18.2 Å². The summed E-state index contributed by atoms with van der Waals surface area (Å²) in [4.78, 5) is 0. The molecule has 0 N–H and O–H groups in total. The smallest absolute Gasteiger partial charge is 0.0997 e. The van der Waals surface area contributed by atoms with Gasteiger partial charge in [-0.15, -0.1) is 0 Å². The molecular formula is C9H7N. The molecule has 0 unspecified atom stereocenters.